The molecular weight excluding hydrogens is 486 g/mol. The number of nitrogens with zero attached hydrogens (tertiary/aromatic N) is 1. The molecule has 4 aromatic rings. The van der Waals surface area contributed by atoms with Crippen LogP contribution in [0.1, 0.15) is 22.8 Å². The van der Waals surface area contributed by atoms with Gasteiger partial charge in [-0.05, 0) is 42.6 Å². The maximum atomic E-state index is 14.1. The number of methoxy groups -OCH3 is 3. The van der Waals surface area contributed by atoms with Gasteiger partial charge in [0.25, 0.3) is 0 Å². The van der Waals surface area contributed by atoms with E-state index >= 15 is 0 Å². The average molecular weight is 512 g/mol. The van der Waals surface area contributed by atoms with Gasteiger partial charge in [-0.15, -0.1) is 0 Å². The van der Waals surface area contributed by atoms with E-state index in [9.17, 15) is 18.0 Å². The smallest absolute Gasteiger partial charge is 0.340 e. The minimum absolute atomic E-state index is 0.000415. The molecule has 0 unspecified atom stereocenters. The van der Waals surface area contributed by atoms with Gasteiger partial charge >= 0.3 is 11.9 Å². The number of aryl methyl sites for hydroxylation is 1. The molecule has 0 saturated heterocycles. The molecule has 0 spiro atoms. The Labute approximate surface area is 208 Å². The van der Waals surface area contributed by atoms with Crippen LogP contribution in [0.4, 0.5) is 0 Å². The van der Waals surface area contributed by atoms with E-state index < -0.39 is 21.8 Å². The van der Waals surface area contributed by atoms with Crippen LogP contribution in [0.2, 0.25) is 0 Å². The van der Waals surface area contributed by atoms with Crippen LogP contribution in [0.15, 0.2) is 58.5 Å². The lowest BCUT2D eigenvalue weighted by atomic mass is 10.0. The molecule has 10 heteroatoms. The summed E-state index contributed by atoms with van der Waals surface area (Å²) < 4.78 is 51.0. The van der Waals surface area contributed by atoms with E-state index in [1.54, 1.807) is 30.3 Å². The van der Waals surface area contributed by atoms with Crippen molar-refractivity contribution in [1.29, 1.82) is 0 Å². The lowest BCUT2D eigenvalue weighted by Crippen LogP contribution is -2.12. The molecule has 0 amide bonds. The van der Waals surface area contributed by atoms with Crippen molar-refractivity contribution in [2.45, 2.75) is 30.4 Å². The molecule has 1 aromatic heterocycles. The zero-order valence-electron chi connectivity index (χ0n) is 20.4. The first-order valence-electron chi connectivity index (χ1n) is 10.9. The summed E-state index contributed by atoms with van der Waals surface area (Å²) in [6.45, 7) is 2.95. The highest BCUT2D eigenvalue weighted by atomic mass is 32.2. The summed E-state index contributed by atoms with van der Waals surface area (Å²) in [7, 11) is -0.100. The average Bonchev–Trinajstić information content (AvgIpc) is 3.22. The second-order valence-corrected chi connectivity index (χ2v) is 10.0. The number of hydrogen-bond acceptors (Lipinski definition) is 8. The predicted molar refractivity (Wildman–Crippen MR) is 132 cm³/mol. The summed E-state index contributed by atoms with van der Waals surface area (Å²) in [5.74, 6) is -1.06. The Bertz CT molecular complexity index is 1600. The molecule has 1 heterocycles. The molecule has 0 aliphatic heterocycles. The molecule has 0 atom stereocenters. The number of rotatable bonds is 7. The Morgan fingerprint density at radius 3 is 2.25 bits per heavy atom. The van der Waals surface area contributed by atoms with E-state index in [1.807, 2.05) is 6.92 Å². The highest BCUT2D eigenvalue weighted by molar-refractivity contribution is 7.91. The standard InChI is InChI=1S/C26H25NO8S/c1-15-6-9-18(10-7-15)36(30,31)25-23-22(21(26(29)34-5)13-27(23)14-32-3)20-12-17(33-4)8-11-19(20)24(25)35-16(2)28/h6-13H,14H2,1-5H3. The Morgan fingerprint density at radius 2 is 1.67 bits per heavy atom. The summed E-state index contributed by atoms with van der Waals surface area (Å²) in [6, 6.07) is 11.2. The van der Waals surface area contributed by atoms with Gasteiger partial charge in [0.15, 0.2) is 5.75 Å². The third-order valence-electron chi connectivity index (χ3n) is 5.76. The highest BCUT2D eigenvalue weighted by Gasteiger charge is 2.33. The molecule has 3 aromatic carbocycles. The zero-order chi connectivity index (χ0) is 26.2. The second-order valence-electron chi connectivity index (χ2n) is 8.13. The predicted octanol–water partition coefficient (Wildman–Crippen LogP) is 4.26. The van der Waals surface area contributed by atoms with E-state index in [2.05, 4.69) is 0 Å². The molecule has 0 N–H and O–H groups in total. The molecule has 188 valence electrons. The van der Waals surface area contributed by atoms with Crippen molar-refractivity contribution < 1.29 is 37.0 Å². The van der Waals surface area contributed by atoms with Gasteiger partial charge in [-0.1, -0.05) is 17.7 Å². The second kappa shape index (κ2) is 9.63. The van der Waals surface area contributed by atoms with E-state index in [4.69, 9.17) is 18.9 Å². The van der Waals surface area contributed by atoms with E-state index in [0.717, 1.165) is 5.56 Å². The van der Waals surface area contributed by atoms with E-state index in [0.29, 0.717) is 21.9 Å². The lowest BCUT2D eigenvalue weighted by molar-refractivity contribution is -0.131. The van der Waals surface area contributed by atoms with Crippen molar-refractivity contribution in [1.82, 2.24) is 4.57 Å². The molecule has 0 bridgehead atoms. The van der Waals surface area contributed by atoms with Gasteiger partial charge in [0.1, 0.15) is 17.4 Å². The number of aromatic nitrogens is 1. The summed E-state index contributed by atoms with van der Waals surface area (Å²) in [6.07, 6.45) is 1.46. The summed E-state index contributed by atoms with van der Waals surface area (Å²) >= 11 is 0. The zero-order valence-corrected chi connectivity index (χ0v) is 21.3. The van der Waals surface area contributed by atoms with Gasteiger partial charge < -0.3 is 23.5 Å². The quantitative estimate of drug-likeness (QED) is 0.267. The number of ether oxygens (including phenoxy) is 4. The van der Waals surface area contributed by atoms with Crippen LogP contribution in [0, 0.1) is 6.92 Å². The van der Waals surface area contributed by atoms with Gasteiger partial charge in [0.05, 0.1) is 30.2 Å². The molecule has 0 fully saturated rings. The number of hydrogen-bond donors (Lipinski definition) is 0. The van der Waals surface area contributed by atoms with Gasteiger partial charge in [0, 0.05) is 31.0 Å². The minimum Gasteiger partial charge on any atom is -0.497 e. The third-order valence-corrected chi connectivity index (χ3v) is 7.57. The number of carbonyl (C=O) groups excluding carboxylic acids is 2. The van der Waals surface area contributed by atoms with Crippen molar-refractivity contribution in [3.05, 3.63) is 59.8 Å². The summed E-state index contributed by atoms with van der Waals surface area (Å²) in [4.78, 5) is 24.8. The van der Waals surface area contributed by atoms with E-state index in [1.165, 1.54) is 51.1 Å². The van der Waals surface area contributed by atoms with Gasteiger partial charge in [-0.3, -0.25) is 4.79 Å². The fourth-order valence-corrected chi connectivity index (χ4v) is 5.79. The van der Waals surface area contributed by atoms with Crippen molar-refractivity contribution >= 4 is 43.5 Å². The molecule has 4 rings (SSSR count). The molecule has 36 heavy (non-hydrogen) atoms. The number of sulfone groups is 1. The van der Waals surface area contributed by atoms with Crippen molar-refractivity contribution in [2.75, 3.05) is 21.3 Å². The first-order chi connectivity index (χ1) is 17.1. The fraction of sp³-hybridized carbons (Fsp3) is 0.231. The Kier molecular flexibility index (Phi) is 6.75. The summed E-state index contributed by atoms with van der Waals surface area (Å²) in [5.41, 5.74) is 1.13. The van der Waals surface area contributed by atoms with Gasteiger partial charge in [-0.25, -0.2) is 13.2 Å². The first kappa shape index (κ1) is 25.2. The van der Waals surface area contributed by atoms with Crippen molar-refractivity contribution in [3.63, 3.8) is 0 Å². The molecule has 0 saturated carbocycles. The van der Waals surface area contributed by atoms with E-state index in [-0.39, 0.29) is 33.4 Å². The van der Waals surface area contributed by atoms with Crippen LogP contribution in [0.5, 0.6) is 11.5 Å². The van der Waals surface area contributed by atoms with Gasteiger partial charge in [-0.2, -0.15) is 0 Å². The van der Waals surface area contributed by atoms with Crippen LogP contribution in [-0.4, -0.2) is 46.3 Å². The molecule has 9 nitrogen and oxygen atoms in total. The number of fused-ring (bicyclic) bond motifs is 3. The Morgan fingerprint density at radius 1 is 0.972 bits per heavy atom. The van der Waals surface area contributed by atoms with Gasteiger partial charge in [0.2, 0.25) is 9.84 Å². The van der Waals surface area contributed by atoms with Crippen LogP contribution in [0.25, 0.3) is 21.7 Å². The van der Waals surface area contributed by atoms with Crippen LogP contribution < -0.4 is 9.47 Å². The van der Waals surface area contributed by atoms with Crippen LogP contribution in [-0.2, 0) is 30.8 Å². The number of esters is 2. The third kappa shape index (κ3) is 4.18. The molecule has 0 aliphatic carbocycles. The molecular formula is C26H25NO8S. The normalized spacial score (nSPS) is 11.6. The maximum absolute atomic E-state index is 14.1. The Balaban J connectivity index is 2.31. The molecule has 0 radical (unpaired) electrons. The Hall–Kier alpha value is -3.89. The largest absolute Gasteiger partial charge is 0.497 e. The topological polar surface area (TPSA) is 110 Å². The fourth-order valence-electron chi connectivity index (χ4n) is 4.19. The summed E-state index contributed by atoms with van der Waals surface area (Å²) in [5, 5.41) is 1.05. The highest BCUT2D eigenvalue weighted by Crippen LogP contribution is 2.46. The maximum Gasteiger partial charge on any atom is 0.340 e. The molecule has 0 aliphatic rings. The SMILES string of the molecule is COCn1cc(C(=O)OC)c2c3cc(OC)ccc3c(OC(C)=O)c(S(=O)(=O)c3ccc(C)cc3)c21. The van der Waals surface area contributed by atoms with Crippen molar-refractivity contribution in [3.8, 4) is 11.5 Å². The van der Waals surface area contributed by atoms with Crippen LogP contribution >= 0.6 is 0 Å². The first-order valence-corrected chi connectivity index (χ1v) is 12.4. The minimum atomic E-state index is -4.26. The lowest BCUT2D eigenvalue weighted by Gasteiger charge is -2.18. The monoisotopic (exact) mass is 511 g/mol. The van der Waals surface area contributed by atoms with Crippen LogP contribution in [0.3, 0.4) is 0 Å². The number of carbonyl (C=O) groups is 2. The number of benzene rings is 3. The van der Waals surface area contributed by atoms with Crippen molar-refractivity contribution in [2.24, 2.45) is 0 Å².